The van der Waals surface area contributed by atoms with E-state index in [-0.39, 0.29) is 12.2 Å². The molecule has 2 rings (SSSR count). The maximum absolute atomic E-state index is 12.7. The summed E-state index contributed by atoms with van der Waals surface area (Å²) < 4.78 is 38.1. The van der Waals surface area contributed by atoms with Gasteiger partial charge in [0.05, 0.1) is 17.7 Å². The van der Waals surface area contributed by atoms with Crippen molar-refractivity contribution in [2.24, 2.45) is 0 Å². The second kappa shape index (κ2) is 6.88. The van der Waals surface area contributed by atoms with Crippen LogP contribution in [0.1, 0.15) is 15.9 Å². The molecule has 6 heteroatoms. The number of carbonyl (C=O) groups excluding carboxylic acids is 1. The molecule has 0 aliphatic carbocycles. The number of terminal acetylenes is 1. The van der Waals surface area contributed by atoms with E-state index < -0.39 is 17.6 Å². The zero-order valence-electron chi connectivity index (χ0n) is 11.9. The number of carbonyl (C=O) groups is 1. The number of para-hydroxylation sites is 1. The van der Waals surface area contributed by atoms with E-state index in [0.29, 0.717) is 11.3 Å². The number of halogens is 3. The van der Waals surface area contributed by atoms with Crippen molar-refractivity contribution in [3.63, 3.8) is 0 Å². The molecule has 0 saturated heterocycles. The molecule has 0 aliphatic rings. The molecule has 0 spiro atoms. The Hall–Kier alpha value is -2.94. The molecule has 118 valence electrons. The summed E-state index contributed by atoms with van der Waals surface area (Å²) in [6.07, 6.45) is 0.699. The van der Waals surface area contributed by atoms with Crippen LogP contribution in [0.4, 0.5) is 24.5 Å². The van der Waals surface area contributed by atoms with E-state index in [2.05, 4.69) is 16.6 Å². The van der Waals surface area contributed by atoms with E-state index in [4.69, 9.17) is 6.42 Å². The fourth-order valence-electron chi connectivity index (χ4n) is 1.95. The van der Waals surface area contributed by atoms with E-state index in [9.17, 15) is 18.0 Å². The quantitative estimate of drug-likeness (QED) is 0.837. The number of rotatable bonds is 4. The second-order valence-electron chi connectivity index (χ2n) is 4.64. The molecular formula is C17H13F3N2O. The SMILES string of the molecule is C#CCNc1ccccc1C(=O)Nc1cccc(C(F)(F)F)c1. The van der Waals surface area contributed by atoms with Gasteiger partial charge >= 0.3 is 6.18 Å². The van der Waals surface area contributed by atoms with Gasteiger partial charge in [0, 0.05) is 11.4 Å². The van der Waals surface area contributed by atoms with Crippen LogP contribution in [0.15, 0.2) is 48.5 Å². The largest absolute Gasteiger partial charge is 0.416 e. The highest BCUT2D eigenvalue weighted by Crippen LogP contribution is 2.30. The van der Waals surface area contributed by atoms with Crippen LogP contribution in [-0.2, 0) is 6.18 Å². The molecule has 0 radical (unpaired) electrons. The zero-order valence-corrected chi connectivity index (χ0v) is 11.9. The van der Waals surface area contributed by atoms with Crippen molar-refractivity contribution in [1.82, 2.24) is 0 Å². The molecule has 0 saturated carbocycles. The van der Waals surface area contributed by atoms with Crippen LogP contribution < -0.4 is 10.6 Å². The van der Waals surface area contributed by atoms with E-state index in [1.54, 1.807) is 24.3 Å². The van der Waals surface area contributed by atoms with Crippen molar-refractivity contribution >= 4 is 17.3 Å². The van der Waals surface area contributed by atoms with E-state index >= 15 is 0 Å². The van der Waals surface area contributed by atoms with E-state index in [0.717, 1.165) is 12.1 Å². The van der Waals surface area contributed by atoms with E-state index in [1.165, 1.54) is 12.1 Å². The van der Waals surface area contributed by atoms with Gasteiger partial charge in [0.2, 0.25) is 0 Å². The van der Waals surface area contributed by atoms with Gasteiger partial charge in [-0.2, -0.15) is 13.2 Å². The smallest absolute Gasteiger partial charge is 0.373 e. The molecule has 2 aromatic rings. The van der Waals surface area contributed by atoms with Crippen molar-refractivity contribution < 1.29 is 18.0 Å². The van der Waals surface area contributed by atoms with Gasteiger partial charge in [0.1, 0.15) is 0 Å². The number of amides is 1. The summed E-state index contributed by atoms with van der Waals surface area (Å²) >= 11 is 0. The van der Waals surface area contributed by atoms with Crippen LogP contribution in [0.2, 0.25) is 0 Å². The summed E-state index contributed by atoms with van der Waals surface area (Å²) in [7, 11) is 0. The Balaban J connectivity index is 2.22. The lowest BCUT2D eigenvalue weighted by Crippen LogP contribution is -2.15. The number of nitrogens with one attached hydrogen (secondary N) is 2. The van der Waals surface area contributed by atoms with Crippen molar-refractivity contribution in [1.29, 1.82) is 0 Å². The van der Waals surface area contributed by atoms with Crippen LogP contribution >= 0.6 is 0 Å². The molecule has 0 fully saturated rings. The maximum Gasteiger partial charge on any atom is 0.416 e. The van der Waals surface area contributed by atoms with Crippen molar-refractivity contribution in [2.75, 3.05) is 17.2 Å². The van der Waals surface area contributed by atoms with Crippen LogP contribution in [0, 0.1) is 12.3 Å². The summed E-state index contributed by atoms with van der Waals surface area (Å²) in [6.45, 7) is 0.230. The monoisotopic (exact) mass is 318 g/mol. The minimum Gasteiger partial charge on any atom is -0.373 e. The number of alkyl halides is 3. The van der Waals surface area contributed by atoms with Gasteiger partial charge in [-0.05, 0) is 30.3 Å². The Morgan fingerprint density at radius 1 is 1.13 bits per heavy atom. The van der Waals surface area contributed by atoms with Gasteiger partial charge in [-0.15, -0.1) is 6.42 Å². The third-order valence-corrected chi connectivity index (χ3v) is 3.00. The fourth-order valence-corrected chi connectivity index (χ4v) is 1.95. The highest BCUT2D eigenvalue weighted by Gasteiger charge is 2.30. The number of anilines is 2. The summed E-state index contributed by atoms with van der Waals surface area (Å²) in [4.78, 5) is 12.3. The molecule has 3 nitrogen and oxygen atoms in total. The average Bonchev–Trinajstić information content (AvgIpc) is 2.52. The third kappa shape index (κ3) is 4.27. The van der Waals surface area contributed by atoms with Gasteiger partial charge in [0.25, 0.3) is 5.91 Å². The summed E-state index contributed by atoms with van der Waals surface area (Å²) in [5, 5.41) is 5.35. The first kappa shape index (κ1) is 16.4. The zero-order chi connectivity index (χ0) is 16.9. The van der Waals surface area contributed by atoms with Crippen molar-refractivity contribution in [3.05, 3.63) is 59.7 Å². The maximum atomic E-state index is 12.7. The minimum atomic E-state index is -4.47. The third-order valence-electron chi connectivity index (χ3n) is 3.00. The minimum absolute atomic E-state index is 0.0663. The highest BCUT2D eigenvalue weighted by molar-refractivity contribution is 6.08. The second-order valence-corrected chi connectivity index (χ2v) is 4.64. The molecule has 0 aromatic heterocycles. The lowest BCUT2D eigenvalue weighted by molar-refractivity contribution is -0.137. The lowest BCUT2D eigenvalue weighted by Gasteiger charge is -2.12. The molecule has 2 N–H and O–H groups in total. The topological polar surface area (TPSA) is 41.1 Å². The van der Waals surface area contributed by atoms with Gasteiger partial charge < -0.3 is 10.6 Å². The van der Waals surface area contributed by atoms with Crippen LogP contribution in [0.5, 0.6) is 0 Å². The Kier molecular flexibility index (Phi) is 4.91. The predicted octanol–water partition coefficient (Wildman–Crippen LogP) is 4.00. The summed E-state index contributed by atoms with van der Waals surface area (Å²) in [5.74, 6) is 1.86. The Labute approximate surface area is 131 Å². The van der Waals surface area contributed by atoms with Crippen LogP contribution in [0.3, 0.4) is 0 Å². The Morgan fingerprint density at radius 3 is 2.57 bits per heavy atom. The Bertz CT molecular complexity index is 748. The predicted molar refractivity (Wildman–Crippen MR) is 83.2 cm³/mol. The van der Waals surface area contributed by atoms with Gasteiger partial charge in [-0.25, -0.2) is 0 Å². The van der Waals surface area contributed by atoms with Crippen molar-refractivity contribution in [3.8, 4) is 12.3 Å². The van der Waals surface area contributed by atoms with Gasteiger partial charge in [-0.3, -0.25) is 4.79 Å². The first-order valence-corrected chi connectivity index (χ1v) is 6.67. The van der Waals surface area contributed by atoms with Crippen LogP contribution in [-0.4, -0.2) is 12.5 Å². The normalized spacial score (nSPS) is 10.7. The number of hydrogen-bond acceptors (Lipinski definition) is 2. The molecule has 0 aliphatic heterocycles. The average molecular weight is 318 g/mol. The lowest BCUT2D eigenvalue weighted by atomic mass is 10.1. The van der Waals surface area contributed by atoms with E-state index in [1.807, 2.05) is 0 Å². The van der Waals surface area contributed by atoms with Gasteiger partial charge in [-0.1, -0.05) is 24.1 Å². The number of benzene rings is 2. The summed E-state index contributed by atoms with van der Waals surface area (Å²) in [5.41, 5.74) is 0.0423. The number of hydrogen-bond donors (Lipinski definition) is 2. The standard InChI is InChI=1S/C17H13F3N2O/c1-2-10-21-15-9-4-3-8-14(15)16(23)22-13-7-5-6-12(11-13)17(18,19)20/h1,3-9,11,21H,10H2,(H,22,23). The highest BCUT2D eigenvalue weighted by atomic mass is 19.4. The molecule has 0 atom stereocenters. The summed E-state index contributed by atoms with van der Waals surface area (Å²) in [6, 6.07) is 11.1. The van der Waals surface area contributed by atoms with Crippen molar-refractivity contribution in [2.45, 2.75) is 6.18 Å². The molecule has 0 heterocycles. The molecular weight excluding hydrogens is 305 g/mol. The molecule has 0 bridgehead atoms. The first-order valence-electron chi connectivity index (χ1n) is 6.67. The molecule has 23 heavy (non-hydrogen) atoms. The Morgan fingerprint density at radius 2 is 1.87 bits per heavy atom. The molecule has 0 unspecified atom stereocenters. The van der Waals surface area contributed by atoms with Crippen LogP contribution in [0.25, 0.3) is 0 Å². The van der Waals surface area contributed by atoms with Gasteiger partial charge in [0.15, 0.2) is 0 Å². The first-order chi connectivity index (χ1) is 10.9. The molecule has 2 aromatic carbocycles. The fraction of sp³-hybridized carbons (Fsp3) is 0.118. The molecule has 1 amide bonds.